The molecule has 0 saturated carbocycles. The average Bonchev–Trinajstić information content (AvgIpc) is 2.83. The smallest absolute Gasteiger partial charge is 0.241 e. The summed E-state index contributed by atoms with van der Waals surface area (Å²) in [6.45, 7) is 7.26. The van der Waals surface area contributed by atoms with Gasteiger partial charge in [0, 0.05) is 11.7 Å². The number of carbonyl (C=O) groups is 1. The van der Waals surface area contributed by atoms with E-state index >= 15 is 0 Å². The van der Waals surface area contributed by atoms with Crippen LogP contribution in [0.25, 0.3) is 0 Å². The molecule has 0 aliphatic carbocycles. The van der Waals surface area contributed by atoms with Crippen molar-refractivity contribution in [3.05, 3.63) is 29.3 Å². The number of aryl methyl sites for hydroxylation is 2. The third-order valence-corrected chi connectivity index (χ3v) is 6.97. The molecule has 132 valence electrons. The molecular weight excluding hydrogens is 324 g/mol. The first-order valence-electron chi connectivity index (χ1n) is 8.66. The number of piperazine rings is 1. The number of nitrogens with zero attached hydrogens (tertiary/aromatic N) is 2. The summed E-state index contributed by atoms with van der Waals surface area (Å²) in [5, 5.41) is 0. The van der Waals surface area contributed by atoms with E-state index in [1.165, 1.54) is 5.56 Å². The SMILES string of the molecule is CCCCN1CC(=O)N(c2ccc(C)c(C)c2)[C@@H]2CS(=O)(=O)C[C@@H]21. The molecule has 2 aliphatic rings. The van der Waals surface area contributed by atoms with Gasteiger partial charge in [0.1, 0.15) is 0 Å². The Hall–Kier alpha value is -1.40. The maximum Gasteiger partial charge on any atom is 0.241 e. The highest BCUT2D eigenvalue weighted by Crippen LogP contribution is 2.32. The molecule has 0 unspecified atom stereocenters. The van der Waals surface area contributed by atoms with Crippen molar-refractivity contribution in [2.24, 2.45) is 0 Å². The summed E-state index contributed by atoms with van der Waals surface area (Å²) in [7, 11) is -3.10. The van der Waals surface area contributed by atoms with Crippen LogP contribution in [-0.2, 0) is 14.6 Å². The number of carbonyl (C=O) groups excluding carboxylic acids is 1. The van der Waals surface area contributed by atoms with Crippen LogP contribution in [0.1, 0.15) is 30.9 Å². The van der Waals surface area contributed by atoms with E-state index in [1.807, 2.05) is 32.0 Å². The maximum absolute atomic E-state index is 12.8. The van der Waals surface area contributed by atoms with Gasteiger partial charge in [-0.05, 0) is 50.1 Å². The van der Waals surface area contributed by atoms with Crippen molar-refractivity contribution >= 4 is 21.4 Å². The maximum atomic E-state index is 12.8. The first-order valence-corrected chi connectivity index (χ1v) is 10.5. The number of hydrogen-bond donors (Lipinski definition) is 0. The van der Waals surface area contributed by atoms with Crippen LogP contribution in [0.4, 0.5) is 5.69 Å². The summed E-state index contributed by atoms with van der Waals surface area (Å²) in [6.07, 6.45) is 2.02. The average molecular weight is 350 g/mol. The van der Waals surface area contributed by atoms with E-state index in [0.717, 1.165) is 30.6 Å². The van der Waals surface area contributed by atoms with Crippen LogP contribution < -0.4 is 4.90 Å². The number of fused-ring (bicyclic) bond motifs is 1. The minimum Gasteiger partial charge on any atom is -0.306 e. The Kier molecular flexibility index (Phi) is 4.71. The molecule has 2 aliphatic heterocycles. The van der Waals surface area contributed by atoms with Crippen molar-refractivity contribution in [3.8, 4) is 0 Å². The highest BCUT2D eigenvalue weighted by Gasteiger charge is 2.49. The third-order valence-electron chi connectivity index (χ3n) is 5.27. The minimum absolute atomic E-state index is 0.00714. The van der Waals surface area contributed by atoms with Crippen molar-refractivity contribution in [1.82, 2.24) is 4.90 Å². The molecule has 3 rings (SSSR count). The van der Waals surface area contributed by atoms with E-state index in [9.17, 15) is 13.2 Å². The first-order chi connectivity index (χ1) is 11.3. The van der Waals surface area contributed by atoms with E-state index < -0.39 is 9.84 Å². The largest absolute Gasteiger partial charge is 0.306 e. The monoisotopic (exact) mass is 350 g/mol. The molecule has 0 spiro atoms. The molecule has 5 nitrogen and oxygen atoms in total. The lowest BCUT2D eigenvalue weighted by atomic mass is 10.0. The zero-order chi connectivity index (χ0) is 17.5. The first kappa shape index (κ1) is 17.4. The van der Waals surface area contributed by atoms with Crippen LogP contribution in [0.5, 0.6) is 0 Å². The van der Waals surface area contributed by atoms with Crippen LogP contribution in [-0.4, -0.2) is 55.9 Å². The summed E-state index contributed by atoms with van der Waals surface area (Å²) in [5.41, 5.74) is 3.11. The van der Waals surface area contributed by atoms with Gasteiger partial charge in [0.25, 0.3) is 0 Å². The number of benzene rings is 1. The van der Waals surface area contributed by atoms with Crippen molar-refractivity contribution in [2.45, 2.75) is 45.7 Å². The molecule has 1 amide bonds. The summed E-state index contributed by atoms with van der Waals surface area (Å²) in [6, 6.07) is 5.58. The van der Waals surface area contributed by atoms with Crippen molar-refractivity contribution < 1.29 is 13.2 Å². The normalized spacial score (nSPS) is 26.6. The Morgan fingerprint density at radius 3 is 2.50 bits per heavy atom. The molecule has 0 bridgehead atoms. The minimum atomic E-state index is -3.10. The van der Waals surface area contributed by atoms with Gasteiger partial charge in [-0.25, -0.2) is 8.42 Å². The van der Waals surface area contributed by atoms with Gasteiger partial charge in [0.05, 0.1) is 24.1 Å². The molecular formula is C18H26N2O3S. The predicted molar refractivity (Wildman–Crippen MR) is 96.1 cm³/mol. The van der Waals surface area contributed by atoms with E-state index in [0.29, 0.717) is 6.54 Å². The topological polar surface area (TPSA) is 57.7 Å². The summed E-state index contributed by atoms with van der Waals surface area (Å²) >= 11 is 0. The number of amides is 1. The zero-order valence-electron chi connectivity index (χ0n) is 14.7. The fourth-order valence-corrected chi connectivity index (χ4v) is 5.76. The highest BCUT2D eigenvalue weighted by atomic mass is 32.2. The standard InChI is InChI=1S/C18H26N2O3S/c1-4-5-8-19-10-18(21)20(15-7-6-13(2)14(3)9-15)17-12-24(22,23)11-16(17)19/h6-7,9,16-17H,4-5,8,10-12H2,1-3H3/t16-,17+/m0/s1. The van der Waals surface area contributed by atoms with Gasteiger partial charge in [-0.1, -0.05) is 19.4 Å². The van der Waals surface area contributed by atoms with Crippen molar-refractivity contribution in [1.29, 1.82) is 0 Å². The molecule has 24 heavy (non-hydrogen) atoms. The molecule has 0 radical (unpaired) electrons. The molecule has 6 heteroatoms. The van der Waals surface area contributed by atoms with Gasteiger partial charge in [-0.3, -0.25) is 9.69 Å². The Morgan fingerprint density at radius 1 is 1.12 bits per heavy atom. The van der Waals surface area contributed by atoms with Gasteiger partial charge in [-0.15, -0.1) is 0 Å². The Bertz CT molecular complexity index is 745. The quantitative estimate of drug-likeness (QED) is 0.832. The second kappa shape index (κ2) is 6.48. The molecule has 2 fully saturated rings. The van der Waals surface area contributed by atoms with Crippen molar-refractivity contribution in [3.63, 3.8) is 0 Å². The van der Waals surface area contributed by atoms with Gasteiger partial charge >= 0.3 is 0 Å². The van der Waals surface area contributed by atoms with Crippen LogP contribution in [0, 0.1) is 13.8 Å². The number of unbranched alkanes of at least 4 members (excludes halogenated alkanes) is 1. The van der Waals surface area contributed by atoms with E-state index in [4.69, 9.17) is 0 Å². The number of rotatable bonds is 4. The Balaban J connectivity index is 1.95. The zero-order valence-corrected chi connectivity index (χ0v) is 15.5. The Morgan fingerprint density at radius 2 is 1.83 bits per heavy atom. The second-order valence-electron chi connectivity index (χ2n) is 7.07. The third kappa shape index (κ3) is 3.22. The fourth-order valence-electron chi connectivity index (χ4n) is 3.78. The molecule has 2 atom stereocenters. The second-order valence-corrected chi connectivity index (χ2v) is 9.22. The van der Waals surface area contributed by atoms with E-state index in [1.54, 1.807) is 4.90 Å². The van der Waals surface area contributed by atoms with E-state index in [2.05, 4.69) is 11.8 Å². The van der Waals surface area contributed by atoms with Gasteiger partial charge in [-0.2, -0.15) is 0 Å². The number of sulfone groups is 1. The number of hydrogen-bond acceptors (Lipinski definition) is 4. The van der Waals surface area contributed by atoms with Crippen LogP contribution in [0.15, 0.2) is 18.2 Å². The van der Waals surface area contributed by atoms with Gasteiger partial charge in [0.2, 0.25) is 5.91 Å². The lowest BCUT2D eigenvalue weighted by Gasteiger charge is -2.43. The fraction of sp³-hybridized carbons (Fsp3) is 0.611. The number of anilines is 1. The summed E-state index contributed by atoms with van der Waals surface area (Å²) < 4.78 is 24.5. The molecule has 1 aromatic carbocycles. The van der Waals surface area contributed by atoms with Crippen molar-refractivity contribution in [2.75, 3.05) is 29.5 Å². The lowest BCUT2D eigenvalue weighted by Crippen LogP contribution is -2.62. The lowest BCUT2D eigenvalue weighted by molar-refractivity contribution is -0.123. The van der Waals surface area contributed by atoms with Crippen LogP contribution >= 0.6 is 0 Å². The Labute approximate surface area is 144 Å². The van der Waals surface area contributed by atoms with Crippen LogP contribution in [0.3, 0.4) is 0 Å². The van der Waals surface area contributed by atoms with Crippen LogP contribution in [0.2, 0.25) is 0 Å². The summed E-state index contributed by atoms with van der Waals surface area (Å²) in [5.74, 6) is 0.238. The van der Waals surface area contributed by atoms with Gasteiger partial charge in [0.15, 0.2) is 9.84 Å². The summed E-state index contributed by atoms with van der Waals surface area (Å²) in [4.78, 5) is 16.6. The molecule has 1 aromatic rings. The predicted octanol–water partition coefficient (Wildman–Crippen LogP) is 1.92. The van der Waals surface area contributed by atoms with Gasteiger partial charge < -0.3 is 4.90 Å². The molecule has 2 saturated heterocycles. The van der Waals surface area contributed by atoms with E-state index in [-0.39, 0.29) is 29.5 Å². The highest BCUT2D eigenvalue weighted by molar-refractivity contribution is 7.91. The molecule has 0 N–H and O–H groups in total. The molecule has 0 aromatic heterocycles. The molecule has 2 heterocycles.